The number of carbonyl (C=O) groups is 1. The van der Waals surface area contributed by atoms with E-state index in [1.54, 1.807) is 11.8 Å². The molecule has 0 saturated carbocycles. The molecule has 4 heteroatoms. The minimum Gasteiger partial charge on any atom is -0.392 e. The smallest absolute Gasteiger partial charge is 0.251 e. The predicted molar refractivity (Wildman–Crippen MR) is 92.1 cm³/mol. The molecular formula is C18H21NO2S. The van der Waals surface area contributed by atoms with Gasteiger partial charge < -0.3 is 10.4 Å². The maximum atomic E-state index is 12.1. The molecular weight excluding hydrogens is 294 g/mol. The van der Waals surface area contributed by atoms with E-state index < -0.39 is 0 Å². The molecule has 0 bridgehead atoms. The van der Waals surface area contributed by atoms with Crippen LogP contribution < -0.4 is 5.32 Å². The lowest BCUT2D eigenvalue weighted by Gasteiger charge is -2.07. The largest absolute Gasteiger partial charge is 0.392 e. The lowest BCUT2D eigenvalue weighted by atomic mass is 10.1. The quantitative estimate of drug-likeness (QED) is 0.826. The monoisotopic (exact) mass is 315 g/mol. The molecule has 0 fully saturated rings. The number of thioether (sulfide) groups is 1. The van der Waals surface area contributed by atoms with Crippen LogP contribution in [0, 0.1) is 0 Å². The van der Waals surface area contributed by atoms with Gasteiger partial charge in [-0.3, -0.25) is 4.79 Å². The Bertz CT molecular complexity index is 593. The molecule has 22 heavy (non-hydrogen) atoms. The Labute approximate surface area is 135 Å². The molecule has 3 nitrogen and oxygen atoms in total. The fourth-order valence-corrected chi connectivity index (χ4v) is 2.68. The highest BCUT2D eigenvalue weighted by Gasteiger charge is 2.04. The number of benzene rings is 2. The molecule has 0 heterocycles. The van der Waals surface area contributed by atoms with Crippen molar-refractivity contribution in [2.24, 2.45) is 0 Å². The van der Waals surface area contributed by atoms with Gasteiger partial charge in [-0.1, -0.05) is 36.4 Å². The SMILES string of the molecule is CSCc1ccc(C(=O)NCCc2ccc(CO)cc2)cc1. The zero-order valence-corrected chi connectivity index (χ0v) is 13.5. The van der Waals surface area contributed by atoms with Crippen molar-refractivity contribution in [3.8, 4) is 0 Å². The molecule has 0 aliphatic heterocycles. The number of rotatable bonds is 7. The van der Waals surface area contributed by atoms with Gasteiger partial charge in [-0.05, 0) is 41.5 Å². The third kappa shape index (κ3) is 4.90. The lowest BCUT2D eigenvalue weighted by molar-refractivity contribution is 0.0954. The van der Waals surface area contributed by atoms with Gasteiger partial charge in [-0.2, -0.15) is 11.8 Å². The summed E-state index contributed by atoms with van der Waals surface area (Å²) in [6, 6.07) is 15.5. The molecule has 116 valence electrons. The summed E-state index contributed by atoms with van der Waals surface area (Å²) in [7, 11) is 0. The van der Waals surface area contributed by atoms with Crippen LogP contribution in [0.4, 0.5) is 0 Å². The van der Waals surface area contributed by atoms with E-state index in [2.05, 4.69) is 11.6 Å². The highest BCUT2D eigenvalue weighted by atomic mass is 32.2. The minimum absolute atomic E-state index is 0.0392. The fourth-order valence-electron chi connectivity index (χ4n) is 2.15. The van der Waals surface area contributed by atoms with E-state index >= 15 is 0 Å². The molecule has 0 aromatic heterocycles. The third-order valence-electron chi connectivity index (χ3n) is 3.43. The summed E-state index contributed by atoms with van der Waals surface area (Å²) < 4.78 is 0. The van der Waals surface area contributed by atoms with Crippen LogP contribution in [0.3, 0.4) is 0 Å². The standard InChI is InChI=1S/C18H21NO2S/c1-22-13-16-6-8-17(9-7-16)18(21)19-11-10-14-2-4-15(12-20)5-3-14/h2-9,20H,10-13H2,1H3,(H,19,21). The summed E-state index contributed by atoms with van der Waals surface area (Å²) in [6.07, 6.45) is 2.84. The average molecular weight is 315 g/mol. The van der Waals surface area contributed by atoms with Gasteiger partial charge >= 0.3 is 0 Å². The molecule has 2 aromatic rings. The summed E-state index contributed by atoms with van der Waals surface area (Å²) in [5.74, 6) is 0.925. The zero-order chi connectivity index (χ0) is 15.8. The van der Waals surface area contributed by atoms with E-state index in [-0.39, 0.29) is 12.5 Å². The number of hydrogen-bond acceptors (Lipinski definition) is 3. The van der Waals surface area contributed by atoms with Gasteiger partial charge in [-0.25, -0.2) is 0 Å². The second-order valence-corrected chi connectivity index (χ2v) is 5.98. The minimum atomic E-state index is -0.0392. The van der Waals surface area contributed by atoms with Crippen LogP contribution in [-0.2, 0) is 18.8 Å². The van der Waals surface area contributed by atoms with Crippen LogP contribution in [0.1, 0.15) is 27.0 Å². The summed E-state index contributed by atoms with van der Waals surface area (Å²) in [4.78, 5) is 12.1. The van der Waals surface area contributed by atoms with Gasteiger partial charge in [0.05, 0.1) is 6.61 Å². The molecule has 0 radical (unpaired) electrons. The third-order valence-corrected chi connectivity index (χ3v) is 4.05. The first-order chi connectivity index (χ1) is 10.7. The topological polar surface area (TPSA) is 49.3 Å². The molecule has 0 aliphatic rings. The summed E-state index contributed by atoms with van der Waals surface area (Å²) in [6.45, 7) is 0.660. The van der Waals surface area contributed by atoms with E-state index in [0.717, 1.165) is 23.3 Å². The van der Waals surface area contributed by atoms with Crippen molar-refractivity contribution >= 4 is 17.7 Å². The van der Waals surface area contributed by atoms with Gasteiger partial charge in [-0.15, -0.1) is 0 Å². The summed E-state index contributed by atoms with van der Waals surface area (Å²) >= 11 is 1.77. The number of aliphatic hydroxyl groups is 1. The van der Waals surface area contributed by atoms with Crippen molar-refractivity contribution in [1.82, 2.24) is 5.32 Å². The van der Waals surface area contributed by atoms with E-state index in [1.807, 2.05) is 48.5 Å². The fraction of sp³-hybridized carbons (Fsp3) is 0.278. The Morgan fingerprint density at radius 2 is 1.59 bits per heavy atom. The van der Waals surface area contributed by atoms with Crippen molar-refractivity contribution in [1.29, 1.82) is 0 Å². The van der Waals surface area contributed by atoms with Crippen LogP contribution in [0.25, 0.3) is 0 Å². The number of hydrogen-bond donors (Lipinski definition) is 2. The van der Waals surface area contributed by atoms with Crippen molar-refractivity contribution < 1.29 is 9.90 Å². The van der Waals surface area contributed by atoms with Crippen molar-refractivity contribution in [2.45, 2.75) is 18.8 Å². The predicted octanol–water partition coefficient (Wildman–Crippen LogP) is 3.01. The molecule has 0 aliphatic carbocycles. The number of aliphatic hydroxyl groups excluding tert-OH is 1. The Morgan fingerprint density at radius 1 is 1.00 bits per heavy atom. The molecule has 0 unspecified atom stereocenters. The lowest BCUT2D eigenvalue weighted by Crippen LogP contribution is -2.25. The molecule has 2 N–H and O–H groups in total. The Balaban J connectivity index is 1.81. The van der Waals surface area contributed by atoms with Crippen molar-refractivity contribution in [3.05, 3.63) is 70.8 Å². The van der Waals surface area contributed by atoms with Gasteiger partial charge in [0.2, 0.25) is 0 Å². The first-order valence-corrected chi connectivity index (χ1v) is 8.67. The highest BCUT2D eigenvalue weighted by Crippen LogP contribution is 2.10. The van der Waals surface area contributed by atoms with Gasteiger partial charge in [0.15, 0.2) is 0 Å². The Hall–Kier alpha value is -1.78. The maximum Gasteiger partial charge on any atom is 0.251 e. The summed E-state index contributed by atoms with van der Waals surface area (Å²) in [5, 5.41) is 11.9. The molecule has 0 saturated heterocycles. The molecule has 1 amide bonds. The molecule has 2 aromatic carbocycles. The molecule has 2 rings (SSSR count). The van der Waals surface area contributed by atoms with E-state index in [1.165, 1.54) is 5.56 Å². The first kappa shape index (κ1) is 16.6. The van der Waals surface area contributed by atoms with E-state index in [4.69, 9.17) is 5.11 Å². The van der Waals surface area contributed by atoms with Gasteiger partial charge in [0.1, 0.15) is 0 Å². The van der Waals surface area contributed by atoms with Crippen LogP contribution >= 0.6 is 11.8 Å². The van der Waals surface area contributed by atoms with Crippen molar-refractivity contribution in [2.75, 3.05) is 12.8 Å². The summed E-state index contributed by atoms with van der Waals surface area (Å²) in [5.41, 5.74) is 3.97. The van der Waals surface area contributed by atoms with E-state index in [9.17, 15) is 4.79 Å². The highest BCUT2D eigenvalue weighted by molar-refractivity contribution is 7.97. The first-order valence-electron chi connectivity index (χ1n) is 7.27. The normalized spacial score (nSPS) is 10.5. The second-order valence-electron chi connectivity index (χ2n) is 5.11. The van der Waals surface area contributed by atoms with Crippen LogP contribution in [0.5, 0.6) is 0 Å². The second kappa shape index (κ2) is 8.61. The Kier molecular flexibility index (Phi) is 6.49. The maximum absolute atomic E-state index is 12.1. The van der Waals surface area contributed by atoms with Crippen LogP contribution in [0.2, 0.25) is 0 Å². The van der Waals surface area contributed by atoms with Crippen LogP contribution in [0.15, 0.2) is 48.5 Å². The number of carbonyl (C=O) groups excluding carboxylic acids is 1. The zero-order valence-electron chi connectivity index (χ0n) is 12.7. The Morgan fingerprint density at radius 3 is 2.18 bits per heavy atom. The van der Waals surface area contributed by atoms with Gasteiger partial charge in [0, 0.05) is 17.9 Å². The molecule has 0 atom stereocenters. The average Bonchev–Trinajstić information content (AvgIpc) is 2.56. The number of amides is 1. The van der Waals surface area contributed by atoms with Crippen molar-refractivity contribution in [3.63, 3.8) is 0 Å². The van der Waals surface area contributed by atoms with Crippen LogP contribution in [-0.4, -0.2) is 23.8 Å². The van der Waals surface area contributed by atoms with Gasteiger partial charge in [0.25, 0.3) is 5.91 Å². The molecule has 0 spiro atoms. The van der Waals surface area contributed by atoms with E-state index in [0.29, 0.717) is 12.1 Å². The number of nitrogens with one attached hydrogen (secondary N) is 1.